The fraction of sp³-hybridized carbons (Fsp3) is 0.889. The molecule has 76 valence electrons. The van der Waals surface area contributed by atoms with Gasteiger partial charge in [-0.25, -0.2) is 0 Å². The Labute approximate surface area is 78.6 Å². The quantitative estimate of drug-likeness (QED) is 0.492. The fourth-order valence-corrected chi connectivity index (χ4v) is 1.04. The van der Waals surface area contributed by atoms with Crippen LogP contribution in [0.25, 0.3) is 0 Å². The molecule has 4 nitrogen and oxygen atoms in total. The average Bonchev–Trinajstić information content (AvgIpc) is 2.83. The predicted molar refractivity (Wildman–Crippen MR) is 48.4 cm³/mol. The Morgan fingerprint density at radius 1 is 1.69 bits per heavy atom. The molecule has 1 heterocycles. The van der Waals surface area contributed by atoms with Crippen LogP contribution < -0.4 is 5.32 Å². The maximum absolute atomic E-state index is 11.5. The molecule has 1 rings (SSSR count). The Morgan fingerprint density at radius 3 is 2.77 bits per heavy atom. The number of carbonyl (C=O) groups is 1. The fourth-order valence-electron chi connectivity index (χ4n) is 1.04. The van der Waals surface area contributed by atoms with Crippen molar-refractivity contribution >= 4 is 5.97 Å². The van der Waals surface area contributed by atoms with E-state index in [1.54, 1.807) is 0 Å². The molecular formula is C9H17NO3. The second-order valence-electron chi connectivity index (χ2n) is 3.97. The normalized spacial score (nSPS) is 21.3. The highest BCUT2D eigenvalue weighted by atomic mass is 16.6. The van der Waals surface area contributed by atoms with Crippen LogP contribution in [0.15, 0.2) is 0 Å². The number of epoxide rings is 1. The highest BCUT2D eigenvalue weighted by molar-refractivity contribution is 5.76. The van der Waals surface area contributed by atoms with E-state index in [-0.39, 0.29) is 12.1 Å². The Bertz CT molecular complexity index is 187. The third-order valence-corrected chi connectivity index (χ3v) is 1.97. The minimum absolute atomic E-state index is 0.148. The highest BCUT2D eigenvalue weighted by Gasteiger charge is 2.31. The van der Waals surface area contributed by atoms with Crippen LogP contribution in [0, 0.1) is 5.41 Å². The van der Waals surface area contributed by atoms with Crippen molar-refractivity contribution in [2.75, 3.05) is 26.8 Å². The van der Waals surface area contributed by atoms with Gasteiger partial charge in [-0.05, 0) is 20.9 Å². The first kappa shape index (κ1) is 10.5. The summed E-state index contributed by atoms with van der Waals surface area (Å²) < 4.78 is 10.0. The summed E-state index contributed by atoms with van der Waals surface area (Å²) in [6.07, 6.45) is 0.148. The molecule has 0 saturated carbocycles. The lowest BCUT2D eigenvalue weighted by molar-refractivity contribution is -0.154. The maximum Gasteiger partial charge on any atom is 0.312 e. The van der Waals surface area contributed by atoms with Crippen molar-refractivity contribution in [3.8, 4) is 0 Å². The van der Waals surface area contributed by atoms with Gasteiger partial charge in [0.05, 0.1) is 12.0 Å². The number of nitrogens with one attached hydrogen (secondary N) is 1. The van der Waals surface area contributed by atoms with Crippen molar-refractivity contribution in [2.45, 2.75) is 20.0 Å². The van der Waals surface area contributed by atoms with Crippen LogP contribution in [0.4, 0.5) is 0 Å². The van der Waals surface area contributed by atoms with E-state index >= 15 is 0 Å². The van der Waals surface area contributed by atoms with Crippen LogP contribution in [-0.2, 0) is 14.3 Å². The van der Waals surface area contributed by atoms with Crippen LogP contribution in [0.3, 0.4) is 0 Å². The van der Waals surface area contributed by atoms with Crippen LogP contribution in [-0.4, -0.2) is 38.9 Å². The molecule has 13 heavy (non-hydrogen) atoms. The number of carbonyl (C=O) groups excluding carboxylic acids is 1. The van der Waals surface area contributed by atoms with Gasteiger partial charge in [-0.3, -0.25) is 4.79 Å². The van der Waals surface area contributed by atoms with E-state index in [4.69, 9.17) is 9.47 Å². The van der Waals surface area contributed by atoms with Crippen molar-refractivity contribution in [1.29, 1.82) is 0 Å². The third kappa shape index (κ3) is 3.32. The first-order chi connectivity index (χ1) is 6.06. The summed E-state index contributed by atoms with van der Waals surface area (Å²) >= 11 is 0. The zero-order valence-corrected chi connectivity index (χ0v) is 8.42. The van der Waals surface area contributed by atoms with Crippen molar-refractivity contribution < 1.29 is 14.3 Å². The number of esters is 1. The first-order valence-corrected chi connectivity index (χ1v) is 4.49. The third-order valence-electron chi connectivity index (χ3n) is 1.97. The van der Waals surface area contributed by atoms with E-state index in [0.717, 1.165) is 6.61 Å². The van der Waals surface area contributed by atoms with Gasteiger partial charge in [0.1, 0.15) is 12.7 Å². The van der Waals surface area contributed by atoms with Crippen LogP contribution in [0.2, 0.25) is 0 Å². The van der Waals surface area contributed by atoms with Gasteiger partial charge >= 0.3 is 5.97 Å². The van der Waals surface area contributed by atoms with E-state index in [2.05, 4.69) is 5.32 Å². The molecule has 1 aliphatic rings. The summed E-state index contributed by atoms with van der Waals surface area (Å²) in [5.41, 5.74) is -0.455. The van der Waals surface area contributed by atoms with E-state index in [1.165, 1.54) is 0 Å². The zero-order chi connectivity index (χ0) is 9.90. The van der Waals surface area contributed by atoms with Crippen LogP contribution >= 0.6 is 0 Å². The van der Waals surface area contributed by atoms with E-state index < -0.39 is 5.41 Å². The van der Waals surface area contributed by atoms with Crippen LogP contribution in [0.5, 0.6) is 0 Å². The van der Waals surface area contributed by atoms with Gasteiger partial charge in [0.2, 0.25) is 0 Å². The minimum atomic E-state index is -0.455. The summed E-state index contributed by atoms with van der Waals surface area (Å²) in [6.45, 7) is 5.46. The van der Waals surface area contributed by atoms with Crippen LogP contribution in [0.1, 0.15) is 13.8 Å². The molecule has 1 N–H and O–H groups in total. The smallest absolute Gasteiger partial charge is 0.312 e. The second-order valence-corrected chi connectivity index (χ2v) is 3.97. The molecule has 0 aromatic carbocycles. The minimum Gasteiger partial charge on any atom is -0.462 e. The summed E-state index contributed by atoms with van der Waals surface area (Å²) in [7, 11) is 1.82. The lowest BCUT2D eigenvalue weighted by Gasteiger charge is -2.21. The number of rotatable bonds is 5. The number of hydrogen-bond acceptors (Lipinski definition) is 4. The van der Waals surface area contributed by atoms with Gasteiger partial charge < -0.3 is 14.8 Å². The van der Waals surface area contributed by atoms with Gasteiger partial charge in [0.15, 0.2) is 0 Å². The Hall–Kier alpha value is -0.610. The molecule has 0 amide bonds. The monoisotopic (exact) mass is 187 g/mol. The summed E-state index contributed by atoms with van der Waals surface area (Å²) in [4.78, 5) is 11.5. The van der Waals surface area contributed by atoms with Gasteiger partial charge in [-0.1, -0.05) is 0 Å². The second kappa shape index (κ2) is 4.07. The Balaban J connectivity index is 2.26. The van der Waals surface area contributed by atoms with Gasteiger partial charge in [-0.2, -0.15) is 0 Å². The first-order valence-electron chi connectivity index (χ1n) is 4.49. The molecule has 1 atom stereocenters. The summed E-state index contributed by atoms with van der Waals surface area (Å²) in [5.74, 6) is -0.169. The Morgan fingerprint density at radius 2 is 2.31 bits per heavy atom. The standard InChI is InChI=1S/C9H17NO3/c1-9(2,6-10-3)8(11)13-5-7-4-12-7/h7,10H,4-6H2,1-3H3. The van der Waals surface area contributed by atoms with Crippen molar-refractivity contribution in [3.05, 3.63) is 0 Å². The molecule has 1 aliphatic heterocycles. The zero-order valence-electron chi connectivity index (χ0n) is 8.42. The van der Waals surface area contributed by atoms with Gasteiger partial charge in [0.25, 0.3) is 0 Å². The molecule has 0 aromatic heterocycles. The molecule has 4 heteroatoms. The average molecular weight is 187 g/mol. The summed E-state index contributed by atoms with van der Waals surface area (Å²) in [5, 5.41) is 2.96. The van der Waals surface area contributed by atoms with Gasteiger partial charge in [0, 0.05) is 6.54 Å². The van der Waals surface area contributed by atoms with E-state index in [1.807, 2.05) is 20.9 Å². The topological polar surface area (TPSA) is 50.9 Å². The lowest BCUT2D eigenvalue weighted by atomic mass is 9.94. The molecular weight excluding hydrogens is 170 g/mol. The predicted octanol–water partition coefficient (Wildman–Crippen LogP) is 0.174. The van der Waals surface area contributed by atoms with E-state index in [9.17, 15) is 4.79 Å². The molecule has 0 radical (unpaired) electrons. The molecule has 0 aliphatic carbocycles. The largest absolute Gasteiger partial charge is 0.462 e. The van der Waals surface area contributed by atoms with Crippen molar-refractivity contribution in [2.24, 2.45) is 5.41 Å². The summed E-state index contributed by atoms with van der Waals surface area (Å²) in [6, 6.07) is 0. The SMILES string of the molecule is CNCC(C)(C)C(=O)OCC1CO1. The molecule has 1 saturated heterocycles. The molecule has 0 spiro atoms. The molecule has 0 aromatic rings. The van der Waals surface area contributed by atoms with E-state index in [0.29, 0.717) is 13.2 Å². The van der Waals surface area contributed by atoms with Crippen molar-refractivity contribution in [3.63, 3.8) is 0 Å². The maximum atomic E-state index is 11.5. The molecule has 0 bridgehead atoms. The van der Waals surface area contributed by atoms with Gasteiger partial charge in [-0.15, -0.1) is 0 Å². The lowest BCUT2D eigenvalue weighted by Crippen LogP contribution is -2.36. The number of ether oxygens (including phenoxy) is 2. The highest BCUT2D eigenvalue weighted by Crippen LogP contribution is 2.17. The number of hydrogen-bond donors (Lipinski definition) is 1. The molecule has 1 fully saturated rings. The molecule has 1 unspecified atom stereocenters. The van der Waals surface area contributed by atoms with Crippen molar-refractivity contribution in [1.82, 2.24) is 5.32 Å². The Kier molecular flexibility index (Phi) is 3.27.